The first-order chi connectivity index (χ1) is 13.5. The molecule has 0 spiro atoms. The van der Waals surface area contributed by atoms with E-state index >= 15 is 0 Å². The molecule has 5 nitrogen and oxygen atoms in total. The largest absolute Gasteiger partial charge is 0.375 e. The number of hydrogen-bond donors (Lipinski definition) is 1. The fourth-order valence-electron chi connectivity index (χ4n) is 2.92. The number of Topliss-reactive ketones (excluding diaryl/α,β-unsaturated/α-hetero) is 1. The average Bonchev–Trinajstić information content (AvgIpc) is 2.65. The zero-order chi connectivity index (χ0) is 21.6. The van der Waals surface area contributed by atoms with Crippen molar-refractivity contribution in [3.63, 3.8) is 0 Å². The molecule has 0 saturated heterocycles. The van der Waals surface area contributed by atoms with Crippen LogP contribution in [0, 0.1) is 6.08 Å². The summed E-state index contributed by atoms with van der Waals surface area (Å²) in [4.78, 5) is 15.2. The van der Waals surface area contributed by atoms with Gasteiger partial charge < -0.3 is 5.32 Å². The number of nitrogens with zero attached hydrogens (tertiary/aromatic N) is 1. The summed E-state index contributed by atoms with van der Waals surface area (Å²) < 4.78 is 50.3. The van der Waals surface area contributed by atoms with Crippen LogP contribution < -0.4 is 5.32 Å². The zero-order valence-corrected chi connectivity index (χ0v) is 17.6. The summed E-state index contributed by atoms with van der Waals surface area (Å²) in [6, 6.07) is 6.06. The van der Waals surface area contributed by atoms with Crippen LogP contribution in [0.15, 0.2) is 30.5 Å². The number of anilines is 1. The van der Waals surface area contributed by atoms with E-state index in [4.69, 9.17) is 23.2 Å². The van der Waals surface area contributed by atoms with E-state index in [1.54, 1.807) is 26.0 Å². The Hall–Kier alpha value is -2.03. The standard InChI is InChI=1S/C19H15Cl2F2N2O3S/c1-19(2)11-4-3-7-24-13(11)8-15(29(19,27)28)10-5-6-12(20)17(16(10)21)25-9-14(26)18(22)23/h3-7,18,25H,9H2,1-2H3. The monoisotopic (exact) mass is 459 g/mol. The molecule has 1 N–H and O–H groups in total. The van der Waals surface area contributed by atoms with E-state index in [9.17, 15) is 22.0 Å². The van der Waals surface area contributed by atoms with Crippen molar-refractivity contribution in [2.24, 2.45) is 0 Å². The highest BCUT2D eigenvalue weighted by atomic mass is 35.5. The maximum absolute atomic E-state index is 13.3. The average molecular weight is 460 g/mol. The topological polar surface area (TPSA) is 76.1 Å². The van der Waals surface area contributed by atoms with Crippen molar-refractivity contribution in [3.8, 4) is 0 Å². The number of halogens is 4. The fourth-order valence-corrected chi connectivity index (χ4v) is 5.23. The van der Waals surface area contributed by atoms with E-state index in [1.807, 2.05) is 0 Å². The Morgan fingerprint density at radius 1 is 1.28 bits per heavy atom. The highest BCUT2D eigenvalue weighted by Gasteiger charge is 2.45. The maximum atomic E-state index is 13.3. The summed E-state index contributed by atoms with van der Waals surface area (Å²) >= 11 is 12.4. The van der Waals surface area contributed by atoms with E-state index in [0.717, 1.165) is 0 Å². The lowest BCUT2D eigenvalue weighted by Gasteiger charge is -2.31. The zero-order valence-electron chi connectivity index (χ0n) is 15.3. The second kappa shape index (κ2) is 7.66. The fraction of sp³-hybridized carbons (Fsp3) is 0.263. The normalized spacial score (nSPS) is 16.9. The van der Waals surface area contributed by atoms with Gasteiger partial charge in [-0.15, -0.1) is 0 Å². The number of carbonyl (C=O) groups is 1. The Morgan fingerprint density at radius 2 is 1.97 bits per heavy atom. The van der Waals surface area contributed by atoms with Gasteiger partial charge in [0.15, 0.2) is 9.84 Å². The molecule has 1 aromatic carbocycles. The highest BCUT2D eigenvalue weighted by Crippen LogP contribution is 2.46. The van der Waals surface area contributed by atoms with E-state index < -0.39 is 33.3 Å². The molecular weight excluding hydrogens is 445 g/mol. The Bertz CT molecular complexity index is 1130. The first kappa shape index (κ1) is 21.7. The van der Waals surface area contributed by atoms with Gasteiger partial charge in [0.2, 0.25) is 5.78 Å². The number of aromatic nitrogens is 1. The molecule has 0 bridgehead atoms. The number of fused-ring (bicyclic) bond motifs is 1. The van der Waals surface area contributed by atoms with Crippen LogP contribution in [-0.2, 0) is 19.4 Å². The van der Waals surface area contributed by atoms with Gasteiger partial charge in [0.05, 0.1) is 37.6 Å². The van der Waals surface area contributed by atoms with E-state index in [-0.39, 0.29) is 26.2 Å². The molecule has 0 fully saturated rings. The Labute approximate surface area is 176 Å². The molecule has 0 amide bonds. The first-order valence-corrected chi connectivity index (χ1v) is 10.6. The SMILES string of the molecule is CC1(C)c2cccnc2[C]=C(c2ccc(Cl)c(NCC(=O)C(F)F)c2Cl)S1(=O)=O. The minimum Gasteiger partial charge on any atom is -0.375 e. The van der Waals surface area contributed by atoms with Crippen LogP contribution in [0.1, 0.15) is 30.7 Å². The van der Waals surface area contributed by atoms with Gasteiger partial charge in [-0.2, -0.15) is 0 Å². The summed E-state index contributed by atoms with van der Waals surface area (Å²) in [5.41, 5.74) is 0.909. The second-order valence-corrected chi connectivity index (χ2v) is 9.99. The number of sulfone groups is 1. The molecule has 2 aromatic rings. The quantitative estimate of drug-likeness (QED) is 0.712. The number of alkyl halides is 2. The molecule has 0 saturated carbocycles. The lowest BCUT2D eigenvalue weighted by atomic mass is 9.99. The minimum absolute atomic E-state index is 0.0195. The molecule has 0 atom stereocenters. The summed E-state index contributed by atoms with van der Waals surface area (Å²) in [5.74, 6) is -1.35. The predicted octanol–water partition coefficient (Wildman–Crippen LogP) is 4.49. The molecular formula is C19H15Cl2F2N2O3S. The van der Waals surface area contributed by atoms with E-state index in [2.05, 4.69) is 16.4 Å². The van der Waals surface area contributed by atoms with Crippen LogP contribution in [0.3, 0.4) is 0 Å². The molecule has 1 aromatic heterocycles. The molecule has 1 aliphatic heterocycles. The lowest BCUT2D eigenvalue weighted by Crippen LogP contribution is -2.34. The Kier molecular flexibility index (Phi) is 5.73. The number of nitrogens with one attached hydrogen (secondary N) is 1. The van der Waals surface area contributed by atoms with Gasteiger partial charge in [-0.05, 0) is 31.5 Å². The number of benzene rings is 1. The summed E-state index contributed by atoms with van der Waals surface area (Å²) in [7, 11) is -3.94. The number of hydrogen-bond acceptors (Lipinski definition) is 5. The minimum atomic E-state index is -3.94. The highest BCUT2D eigenvalue weighted by molar-refractivity contribution is 8.01. The molecule has 1 aliphatic rings. The molecule has 1 radical (unpaired) electrons. The van der Waals surface area contributed by atoms with Crippen molar-refractivity contribution in [2.75, 3.05) is 11.9 Å². The number of pyridine rings is 1. The van der Waals surface area contributed by atoms with Gasteiger partial charge in [-0.3, -0.25) is 9.78 Å². The van der Waals surface area contributed by atoms with Gasteiger partial charge in [-0.25, -0.2) is 17.2 Å². The van der Waals surface area contributed by atoms with E-state index in [0.29, 0.717) is 11.3 Å². The number of rotatable bonds is 5. The summed E-state index contributed by atoms with van der Waals surface area (Å²) in [5, 5.41) is 2.39. The van der Waals surface area contributed by atoms with Crippen LogP contribution in [0.2, 0.25) is 10.0 Å². The molecule has 2 heterocycles. The van der Waals surface area contributed by atoms with Crippen LogP contribution in [0.25, 0.3) is 4.91 Å². The van der Waals surface area contributed by atoms with Gasteiger partial charge in [0.1, 0.15) is 0 Å². The third-order valence-electron chi connectivity index (χ3n) is 4.65. The Morgan fingerprint density at radius 3 is 2.62 bits per heavy atom. The van der Waals surface area contributed by atoms with Crippen molar-refractivity contribution in [2.45, 2.75) is 25.0 Å². The first-order valence-electron chi connectivity index (χ1n) is 8.35. The molecule has 153 valence electrons. The number of carbonyl (C=O) groups excluding carboxylic acids is 1. The summed E-state index contributed by atoms with van der Waals surface area (Å²) in [6.45, 7) is 2.38. The second-order valence-electron chi connectivity index (χ2n) is 6.77. The van der Waals surface area contributed by atoms with Crippen molar-refractivity contribution < 1.29 is 22.0 Å². The van der Waals surface area contributed by atoms with E-state index in [1.165, 1.54) is 18.3 Å². The molecule has 10 heteroatoms. The van der Waals surface area contributed by atoms with Crippen LogP contribution in [-0.4, -0.2) is 32.2 Å². The van der Waals surface area contributed by atoms with Crippen LogP contribution in [0.4, 0.5) is 14.5 Å². The predicted molar refractivity (Wildman–Crippen MR) is 108 cm³/mol. The van der Waals surface area contributed by atoms with Crippen molar-refractivity contribution in [1.29, 1.82) is 0 Å². The van der Waals surface area contributed by atoms with Gasteiger partial charge >= 0.3 is 0 Å². The third-order valence-corrected chi connectivity index (χ3v) is 7.78. The smallest absolute Gasteiger partial charge is 0.297 e. The van der Waals surface area contributed by atoms with Crippen LogP contribution in [0.5, 0.6) is 0 Å². The Balaban J connectivity index is 2.15. The number of ketones is 1. The lowest BCUT2D eigenvalue weighted by molar-refractivity contribution is -0.127. The van der Waals surface area contributed by atoms with Crippen molar-refractivity contribution in [3.05, 3.63) is 63.4 Å². The van der Waals surface area contributed by atoms with Crippen molar-refractivity contribution >= 4 is 49.4 Å². The molecule has 0 aliphatic carbocycles. The third kappa shape index (κ3) is 3.65. The van der Waals surface area contributed by atoms with Gasteiger partial charge in [-0.1, -0.05) is 35.3 Å². The molecule has 3 rings (SSSR count). The van der Waals surface area contributed by atoms with Crippen LogP contribution >= 0.6 is 23.2 Å². The van der Waals surface area contributed by atoms with Crippen molar-refractivity contribution in [1.82, 2.24) is 4.98 Å². The van der Waals surface area contributed by atoms with Gasteiger partial charge in [0, 0.05) is 17.8 Å². The van der Waals surface area contributed by atoms with Gasteiger partial charge in [0.25, 0.3) is 6.43 Å². The molecule has 29 heavy (non-hydrogen) atoms. The maximum Gasteiger partial charge on any atom is 0.297 e. The summed E-state index contributed by atoms with van der Waals surface area (Å²) in [6.07, 6.45) is 1.17. The molecule has 0 unspecified atom stereocenters.